The molecule has 3 rings (SSSR count). The third-order valence-corrected chi connectivity index (χ3v) is 3.30. The van der Waals surface area contributed by atoms with Crippen LogP contribution in [0.1, 0.15) is 19.3 Å². The van der Waals surface area contributed by atoms with Crippen LogP contribution >= 0.6 is 0 Å². The minimum Gasteiger partial charge on any atom is -0.465 e. The summed E-state index contributed by atoms with van der Waals surface area (Å²) in [6, 6.07) is -0.0569. The third-order valence-electron chi connectivity index (χ3n) is 3.30. The topological polar surface area (TPSA) is 85.2 Å². The molecular weight excluding hydrogens is 198 g/mol. The van der Waals surface area contributed by atoms with Crippen molar-refractivity contribution in [3.63, 3.8) is 0 Å². The maximum Gasteiger partial charge on any atom is 0.410 e. The molecule has 0 radical (unpaired) electrons. The van der Waals surface area contributed by atoms with Crippen LogP contribution in [0.5, 0.6) is 0 Å². The predicted octanol–water partition coefficient (Wildman–Crippen LogP) is 0.526. The van der Waals surface area contributed by atoms with Gasteiger partial charge in [-0.05, 0) is 38.3 Å². The van der Waals surface area contributed by atoms with E-state index in [-0.39, 0.29) is 11.9 Å². The first-order chi connectivity index (χ1) is 7.20. The standard InChI is InChI=1S/C9H15N3O3/c13-9(14)10-8(11-15)7-5-6-1-3-12(7)4-2-6/h6-7,15H,1-5H2,(H,10,11)(H,13,14). The van der Waals surface area contributed by atoms with Crippen molar-refractivity contribution in [2.75, 3.05) is 13.1 Å². The van der Waals surface area contributed by atoms with E-state index >= 15 is 0 Å². The Morgan fingerprint density at radius 2 is 2.07 bits per heavy atom. The van der Waals surface area contributed by atoms with Crippen LogP contribution in [0.2, 0.25) is 0 Å². The average molecular weight is 213 g/mol. The van der Waals surface area contributed by atoms with Crippen LogP contribution in [0.25, 0.3) is 0 Å². The molecule has 0 aromatic carbocycles. The molecule has 3 saturated heterocycles. The second-order valence-corrected chi connectivity index (χ2v) is 4.15. The average Bonchev–Trinajstić information content (AvgIpc) is 2.27. The molecule has 1 amide bonds. The number of oxime groups is 1. The number of fused-ring (bicyclic) bond motifs is 3. The van der Waals surface area contributed by atoms with Crippen LogP contribution in [0, 0.1) is 5.92 Å². The van der Waals surface area contributed by atoms with Gasteiger partial charge in [-0.25, -0.2) is 4.79 Å². The summed E-state index contributed by atoms with van der Waals surface area (Å²) >= 11 is 0. The number of hydrogen-bond donors (Lipinski definition) is 3. The second-order valence-electron chi connectivity index (χ2n) is 4.15. The van der Waals surface area contributed by atoms with Gasteiger partial charge in [-0.1, -0.05) is 5.16 Å². The molecule has 6 nitrogen and oxygen atoms in total. The lowest BCUT2D eigenvalue weighted by atomic mass is 9.83. The summed E-state index contributed by atoms with van der Waals surface area (Å²) in [7, 11) is 0. The van der Waals surface area contributed by atoms with Crippen molar-refractivity contribution in [1.29, 1.82) is 0 Å². The summed E-state index contributed by atoms with van der Waals surface area (Å²) in [5, 5.41) is 22.6. The molecule has 0 aromatic rings. The van der Waals surface area contributed by atoms with E-state index in [1.807, 2.05) is 0 Å². The molecule has 15 heavy (non-hydrogen) atoms. The van der Waals surface area contributed by atoms with Gasteiger partial charge in [0.25, 0.3) is 0 Å². The summed E-state index contributed by atoms with van der Waals surface area (Å²) in [4.78, 5) is 12.7. The summed E-state index contributed by atoms with van der Waals surface area (Å²) < 4.78 is 0. The Hall–Kier alpha value is -1.30. The highest BCUT2D eigenvalue weighted by Crippen LogP contribution is 2.31. The molecule has 0 aliphatic carbocycles. The van der Waals surface area contributed by atoms with Gasteiger partial charge >= 0.3 is 6.09 Å². The number of rotatable bonds is 1. The van der Waals surface area contributed by atoms with Crippen molar-refractivity contribution in [3.05, 3.63) is 0 Å². The molecule has 1 unspecified atom stereocenters. The quantitative estimate of drug-likeness (QED) is 0.256. The zero-order chi connectivity index (χ0) is 10.8. The van der Waals surface area contributed by atoms with Crippen molar-refractivity contribution >= 4 is 11.9 Å². The van der Waals surface area contributed by atoms with Gasteiger partial charge in [0.1, 0.15) is 0 Å². The number of piperidine rings is 3. The van der Waals surface area contributed by atoms with Crippen LogP contribution in [0.15, 0.2) is 5.16 Å². The Morgan fingerprint density at radius 3 is 2.47 bits per heavy atom. The van der Waals surface area contributed by atoms with Crippen molar-refractivity contribution < 1.29 is 15.1 Å². The smallest absolute Gasteiger partial charge is 0.410 e. The van der Waals surface area contributed by atoms with E-state index in [1.54, 1.807) is 0 Å². The summed E-state index contributed by atoms with van der Waals surface area (Å²) in [6.45, 7) is 1.94. The van der Waals surface area contributed by atoms with Gasteiger partial charge in [0, 0.05) is 0 Å². The lowest BCUT2D eigenvalue weighted by Crippen LogP contribution is -2.56. The zero-order valence-corrected chi connectivity index (χ0v) is 8.39. The summed E-state index contributed by atoms with van der Waals surface area (Å²) in [6.07, 6.45) is 2.05. The fourth-order valence-electron chi connectivity index (χ4n) is 2.53. The van der Waals surface area contributed by atoms with Gasteiger partial charge in [0.2, 0.25) is 0 Å². The van der Waals surface area contributed by atoms with E-state index in [1.165, 1.54) is 12.8 Å². The second kappa shape index (κ2) is 4.06. The van der Waals surface area contributed by atoms with Gasteiger partial charge in [-0.15, -0.1) is 0 Å². The first-order valence-corrected chi connectivity index (χ1v) is 5.16. The number of amides is 1. The molecule has 3 aliphatic rings. The molecule has 6 heteroatoms. The van der Waals surface area contributed by atoms with Crippen LogP contribution in [0.3, 0.4) is 0 Å². The van der Waals surface area contributed by atoms with Crippen LogP contribution in [-0.4, -0.2) is 46.3 Å². The number of carbonyl (C=O) groups is 1. The molecular formula is C9H15N3O3. The summed E-state index contributed by atoms with van der Waals surface area (Å²) in [5.41, 5.74) is 0. The first-order valence-electron chi connectivity index (χ1n) is 5.16. The van der Waals surface area contributed by atoms with E-state index in [4.69, 9.17) is 10.3 Å². The number of nitrogens with one attached hydrogen (secondary N) is 1. The molecule has 0 spiro atoms. The third kappa shape index (κ3) is 2.04. The van der Waals surface area contributed by atoms with E-state index in [0.29, 0.717) is 5.92 Å². The zero-order valence-electron chi connectivity index (χ0n) is 8.39. The van der Waals surface area contributed by atoms with Crippen LogP contribution < -0.4 is 5.32 Å². The minimum absolute atomic E-state index is 0.0569. The largest absolute Gasteiger partial charge is 0.465 e. The van der Waals surface area contributed by atoms with Gasteiger partial charge < -0.3 is 10.3 Å². The highest BCUT2D eigenvalue weighted by atomic mass is 16.4. The van der Waals surface area contributed by atoms with Gasteiger partial charge in [-0.3, -0.25) is 10.2 Å². The lowest BCUT2D eigenvalue weighted by Gasteiger charge is -2.45. The Kier molecular flexibility index (Phi) is 2.77. The molecule has 0 saturated carbocycles. The number of amidine groups is 1. The molecule has 0 aromatic heterocycles. The molecule has 2 bridgehead atoms. The van der Waals surface area contributed by atoms with Crippen molar-refractivity contribution in [2.24, 2.45) is 11.1 Å². The Bertz CT molecular complexity index is 284. The van der Waals surface area contributed by atoms with E-state index in [9.17, 15) is 4.79 Å². The van der Waals surface area contributed by atoms with Gasteiger partial charge in [-0.2, -0.15) is 0 Å². The normalized spacial score (nSPS) is 35.2. The molecule has 84 valence electrons. The highest BCUT2D eigenvalue weighted by molar-refractivity contribution is 5.97. The molecule has 3 aliphatic heterocycles. The number of carboxylic acid groups (broad SMARTS) is 1. The minimum atomic E-state index is -1.18. The van der Waals surface area contributed by atoms with E-state index in [2.05, 4.69) is 15.4 Å². The Balaban J connectivity index is 2.06. The lowest BCUT2D eigenvalue weighted by molar-refractivity contribution is 0.0790. The fourth-order valence-corrected chi connectivity index (χ4v) is 2.53. The first kappa shape index (κ1) is 10.2. The van der Waals surface area contributed by atoms with E-state index < -0.39 is 6.09 Å². The van der Waals surface area contributed by atoms with Crippen LogP contribution in [-0.2, 0) is 0 Å². The molecule has 3 heterocycles. The molecule has 1 atom stereocenters. The molecule has 3 N–H and O–H groups in total. The monoisotopic (exact) mass is 213 g/mol. The Labute approximate surface area is 87.6 Å². The van der Waals surface area contributed by atoms with Gasteiger partial charge in [0.05, 0.1) is 6.04 Å². The van der Waals surface area contributed by atoms with Crippen molar-refractivity contribution in [3.8, 4) is 0 Å². The fraction of sp³-hybridized carbons (Fsp3) is 0.778. The maximum atomic E-state index is 10.5. The predicted molar refractivity (Wildman–Crippen MR) is 53.1 cm³/mol. The Morgan fingerprint density at radius 1 is 1.40 bits per heavy atom. The SMILES string of the molecule is O=C(O)N/C(=N\O)C1CC2CCN1CC2. The number of hydrogen-bond acceptors (Lipinski definition) is 4. The van der Waals surface area contributed by atoms with Crippen LogP contribution in [0.4, 0.5) is 4.79 Å². The van der Waals surface area contributed by atoms with Crippen molar-refractivity contribution in [1.82, 2.24) is 10.2 Å². The number of nitrogens with zero attached hydrogens (tertiary/aromatic N) is 2. The van der Waals surface area contributed by atoms with Crippen molar-refractivity contribution in [2.45, 2.75) is 25.3 Å². The maximum absolute atomic E-state index is 10.5. The highest BCUT2D eigenvalue weighted by Gasteiger charge is 2.37. The van der Waals surface area contributed by atoms with Gasteiger partial charge in [0.15, 0.2) is 5.84 Å². The van der Waals surface area contributed by atoms with E-state index in [0.717, 1.165) is 19.5 Å². The summed E-state index contributed by atoms with van der Waals surface area (Å²) in [5.74, 6) is 0.805. The molecule has 3 fully saturated rings.